The molecule has 0 saturated carbocycles. The van der Waals surface area contributed by atoms with Gasteiger partial charge in [0.1, 0.15) is 6.61 Å². The van der Waals surface area contributed by atoms with E-state index >= 15 is 0 Å². The van der Waals surface area contributed by atoms with Gasteiger partial charge in [-0.1, -0.05) is 0 Å². The first kappa shape index (κ1) is 7.18. The number of rotatable bonds is 0. The summed E-state index contributed by atoms with van der Waals surface area (Å²) >= 11 is 0. The van der Waals surface area contributed by atoms with Crippen molar-refractivity contribution in [2.45, 2.75) is 18.9 Å². The fourth-order valence-electron chi connectivity index (χ4n) is 2.12. The lowest BCUT2D eigenvalue weighted by atomic mass is 10.2. The minimum absolute atomic E-state index is 0.552. The average molecular weight is 175 g/mol. The van der Waals surface area contributed by atoms with Gasteiger partial charge < -0.3 is 9.64 Å². The van der Waals surface area contributed by atoms with Crippen molar-refractivity contribution in [3.8, 4) is 5.75 Å². The summed E-state index contributed by atoms with van der Waals surface area (Å²) in [4.78, 5) is 6.67. The summed E-state index contributed by atoms with van der Waals surface area (Å²) in [7, 11) is 0. The summed E-state index contributed by atoms with van der Waals surface area (Å²) in [6.45, 7) is 1.92. The molecule has 3 heteroatoms. The highest BCUT2D eigenvalue weighted by molar-refractivity contribution is 5.54. The predicted molar refractivity (Wildman–Crippen MR) is 48.9 cm³/mol. The van der Waals surface area contributed by atoms with Crippen LogP contribution in [0.4, 0.5) is 5.82 Å². The molecule has 1 aromatic rings. The molecule has 13 heavy (non-hydrogen) atoms. The number of hydrogen-bond acceptors (Lipinski definition) is 3. The van der Waals surface area contributed by atoms with Crippen molar-refractivity contribution >= 4 is 5.82 Å². The maximum Gasteiger partial charge on any atom is 0.172 e. The van der Waals surface area contributed by atoms with E-state index in [-0.39, 0.29) is 0 Å². The molecule has 67 valence electrons. The summed E-state index contributed by atoms with van der Waals surface area (Å²) < 4.78 is 5.58. The summed E-state index contributed by atoms with van der Waals surface area (Å²) in [5, 5.41) is 0. The molecule has 1 fully saturated rings. The van der Waals surface area contributed by atoms with Crippen LogP contribution in [0.25, 0.3) is 0 Å². The van der Waals surface area contributed by atoms with Gasteiger partial charge in [-0.3, -0.25) is 0 Å². The summed E-state index contributed by atoms with van der Waals surface area (Å²) in [5.41, 5.74) is 0. The minimum atomic E-state index is 0.552. The molecule has 0 bridgehead atoms. The van der Waals surface area contributed by atoms with Crippen molar-refractivity contribution in [2.75, 3.05) is 18.1 Å². The molecule has 3 heterocycles. The lowest BCUT2D eigenvalue weighted by molar-refractivity contribution is 0.269. The molecule has 0 aliphatic carbocycles. The van der Waals surface area contributed by atoms with Gasteiger partial charge in [-0.05, 0) is 18.9 Å². The quantitative estimate of drug-likeness (QED) is 0.593. The molecule has 0 N–H and O–H groups in total. The van der Waals surface area contributed by atoms with E-state index in [1.807, 2.05) is 0 Å². The van der Waals surface area contributed by atoms with E-state index in [0.29, 0.717) is 6.04 Å². The molecule has 1 radical (unpaired) electrons. The highest BCUT2D eigenvalue weighted by Crippen LogP contribution is 2.35. The second-order valence-electron chi connectivity index (χ2n) is 3.54. The molecule has 1 saturated heterocycles. The van der Waals surface area contributed by atoms with Crippen LogP contribution in [-0.4, -0.2) is 24.2 Å². The molecule has 3 rings (SSSR count). The second kappa shape index (κ2) is 2.62. The number of ether oxygens (including phenoxy) is 1. The fraction of sp³-hybridized carbons (Fsp3) is 0.500. The average Bonchev–Trinajstić information content (AvgIpc) is 2.65. The third kappa shape index (κ3) is 0.996. The van der Waals surface area contributed by atoms with Crippen molar-refractivity contribution in [3.05, 3.63) is 18.3 Å². The number of fused-ring (bicyclic) bond motifs is 3. The van der Waals surface area contributed by atoms with Gasteiger partial charge in [0, 0.05) is 18.8 Å². The van der Waals surface area contributed by atoms with Crippen LogP contribution in [0.2, 0.25) is 0 Å². The molecular weight excluding hydrogens is 164 g/mol. The zero-order chi connectivity index (χ0) is 8.67. The van der Waals surface area contributed by atoms with Gasteiger partial charge in [-0.2, -0.15) is 0 Å². The predicted octanol–water partition coefficient (Wildman–Crippen LogP) is 1.24. The first-order chi connectivity index (χ1) is 6.45. The zero-order valence-electron chi connectivity index (χ0n) is 7.36. The Labute approximate surface area is 77.3 Å². The van der Waals surface area contributed by atoms with Crippen LogP contribution in [-0.2, 0) is 0 Å². The van der Waals surface area contributed by atoms with Crippen LogP contribution in [0, 0.1) is 6.07 Å². The molecule has 0 unspecified atom stereocenters. The molecule has 2 aliphatic heterocycles. The Morgan fingerprint density at radius 1 is 1.62 bits per heavy atom. The van der Waals surface area contributed by atoms with Crippen LogP contribution in [0.15, 0.2) is 12.3 Å². The highest BCUT2D eigenvalue weighted by atomic mass is 16.5. The van der Waals surface area contributed by atoms with Gasteiger partial charge in [-0.25, -0.2) is 4.98 Å². The van der Waals surface area contributed by atoms with Crippen molar-refractivity contribution in [2.24, 2.45) is 0 Å². The van der Waals surface area contributed by atoms with Crippen LogP contribution >= 0.6 is 0 Å². The van der Waals surface area contributed by atoms with Gasteiger partial charge in [0.25, 0.3) is 0 Å². The topological polar surface area (TPSA) is 25.4 Å². The summed E-state index contributed by atoms with van der Waals surface area (Å²) in [6, 6.07) is 5.43. The van der Waals surface area contributed by atoms with E-state index in [4.69, 9.17) is 4.74 Å². The number of pyridine rings is 1. The smallest absolute Gasteiger partial charge is 0.172 e. The Hall–Kier alpha value is -1.25. The second-order valence-corrected chi connectivity index (χ2v) is 3.54. The van der Waals surface area contributed by atoms with Crippen LogP contribution in [0.5, 0.6) is 5.75 Å². The molecule has 0 amide bonds. The number of aromatic nitrogens is 1. The zero-order valence-corrected chi connectivity index (χ0v) is 7.36. The molecule has 0 spiro atoms. The van der Waals surface area contributed by atoms with Crippen LogP contribution in [0.1, 0.15) is 12.8 Å². The first-order valence-corrected chi connectivity index (χ1v) is 4.71. The Kier molecular flexibility index (Phi) is 1.45. The maximum atomic E-state index is 5.58. The SMILES string of the molecule is [c]1ccnc2c1OC[C@@H]1CCCN21. The van der Waals surface area contributed by atoms with Crippen molar-refractivity contribution < 1.29 is 4.74 Å². The molecule has 1 atom stereocenters. The van der Waals surface area contributed by atoms with Gasteiger partial charge in [0.15, 0.2) is 11.6 Å². The number of hydrogen-bond donors (Lipinski definition) is 0. The van der Waals surface area contributed by atoms with E-state index in [1.54, 1.807) is 12.3 Å². The lowest BCUT2D eigenvalue weighted by Gasteiger charge is -2.31. The molecule has 2 aliphatic rings. The van der Waals surface area contributed by atoms with Gasteiger partial charge in [0.2, 0.25) is 0 Å². The molecule has 3 nitrogen and oxygen atoms in total. The van der Waals surface area contributed by atoms with E-state index in [2.05, 4.69) is 16.0 Å². The summed E-state index contributed by atoms with van der Waals surface area (Å²) in [5.74, 6) is 1.80. The highest BCUT2D eigenvalue weighted by Gasteiger charge is 2.32. The largest absolute Gasteiger partial charge is 0.487 e. The van der Waals surface area contributed by atoms with Crippen LogP contribution < -0.4 is 9.64 Å². The van der Waals surface area contributed by atoms with E-state index < -0.39 is 0 Å². The monoisotopic (exact) mass is 175 g/mol. The standard InChI is InChI=1S/C10H11N2O/c1-4-9-10(11-5-1)12-6-2-3-8(12)7-13-9/h1,5,8H,2-3,6-7H2/t8-/m0/s1. The molecule has 1 aromatic heterocycles. The van der Waals surface area contributed by atoms with Crippen molar-refractivity contribution in [1.82, 2.24) is 4.98 Å². The number of nitrogens with zero attached hydrogens (tertiary/aromatic N) is 2. The fourth-order valence-corrected chi connectivity index (χ4v) is 2.12. The first-order valence-electron chi connectivity index (χ1n) is 4.71. The Morgan fingerprint density at radius 3 is 3.62 bits per heavy atom. The van der Waals surface area contributed by atoms with Gasteiger partial charge >= 0.3 is 0 Å². The van der Waals surface area contributed by atoms with Gasteiger partial charge in [0.05, 0.1) is 6.04 Å². The number of anilines is 1. The third-order valence-electron chi connectivity index (χ3n) is 2.76. The third-order valence-corrected chi connectivity index (χ3v) is 2.76. The Balaban J connectivity index is 2.06. The Morgan fingerprint density at radius 2 is 2.62 bits per heavy atom. The van der Waals surface area contributed by atoms with E-state index in [0.717, 1.165) is 24.7 Å². The maximum absolute atomic E-state index is 5.58. The Bertz CT molecular complexity index is 326. The van der Waals surface area contributed by atoms with Crippen molar-refractivity contribution in [1.29, 1.82) is 0 Å². The van der Waals surface area contributed by atoms with Gasteiger partial charge in [-0.15, -0.1) is 0 Å². The van der Waals surface area contributed by atoms with Crippen molar-refractivity contribution in [3.63, 3.8) is 0 Å². The van der Waals surface area contributed by atoms with E-state index in [1.165, 1.54) is 12.8 Å². The lowest BCUT2D eigenvalue weighted by Crippen LogP contribution is -2.38. The molecular formula is C10H11N2O. The minimum Gasteiger partial charge on any atom is -0.487 e. The van der Waals surface area contributed by atoms with E-state index in [9.17, 15) is 0 Å². The summed E-state index contributed by atoms with van der Waals surface area (Å²) in [6.07, 6.45) is 4.27. The molecule has 0 aromatic carbocycles. The normalized spacial score (nSPS) is 24.9. The van der Waals surface area contributed by atoms with Crippen LogP contribution in [0.3, 0.4) is 0 Å².